The molecule has 0 radical (unpaired) electrons. The van der Waals surface area contributed by atoms with Crippen LogP contribution in [0.15, 0.2) is 36.5 Å². The zero-order chi connectivity index (χ0) is 22.8. The molecule has 3 rings (SSSR count). The Morgan fingerprint density at radius 1 is 1.29 bits per heavy atom. The van der Waals surface area contributed by atoms with Crippen molar-refractivity contribution in [3.63, 3.8) is 0 Å². The molecule has 0 unspecified atom stereocenters. The van der Waals surface area contributed by atoms with Crippen LogP contribution in [0.5, 0.6) is 0 Å². The van der Waals surface area contributed by atoms with Crippen molar-refractivity contribution in [2.45, 2.75) is 51.9 Å². The number of hydrogen-bond acceptors (Lipinski definition) is 6. The highest BCUT2D eigenvalue weighted by Gasteiger charge is 2.45. The molecule has 0 bridgehead atoms. The SMILES string of the molecule is CNC(=O)[C@@H]1C[C@@H](O)CN1C(=O)[C@@H](n1cc(CN(C)c2ccccc2)nn1)C(C)(C)C. The maximum Gasteiger partial charge on any atom is 0.248 e. The van der Waals surface area contributed by atoms with E-state index in [0.29, 0.717) is 6.54 Å². The number of amides is 2. The number of nitrogens with zero attached hydrogens (tertiary/aromatic N) is 5. The number of aliphatic hydroxyl groups excluding tert-OH is 1. The first-order chi connectivity index (χ1) is 14.6. The lowest BCUT2D eigenvalue weighted by Crippen LogP contribution is -2.49. The summed E-state index contributed by atoms with van der Waals surface area (Å²) in [5.41, 5.74) is 1.31. The Morgan fingerprint density at radius 3 is 2.58 bits per heavy atom. The average Bonchev–Trinajstić information content (AvgIpc) is 3.33. The Kier molecular flexibility index (Phi) is 6.64. The average molecular weight is 429 g/mol. The fourth-order valence-electron chi connectivity index (χ4n) is 4.04. The van der Waals surface area contributed by atoms with Gasteiger partial charge in [0.05, 0.1) is 18.8 Å². The molecular weight excluding hydrogens is 396 g/mol. The quantitative estimate of drug-likeness (QED) is 0.717. The molecular formula is C22H32N6O3. The standard InChI is InChI=1S/C22H32N6O3/c1-22(2,3)19(21(31)27-14-17(29)11-18(27)20(30)23-4)28-13-15(24-25-28)12-26(5)16-9-7-6-8-10-16/h6-10,13,17-19,29H,11-12,14H2,1-5H3,(H,23,30)/t17-,18+,19-/m1/s1. The maximum atomic E-state index is 13.6. The molecule has 0 spiro atoms. The molecule has 1 fully saturated rings. The van der Waals surface area contributed by atoms with Gasteiger partial charge in [0.1, 0.15) is 17.8 Å². The Bertz CT molecular complexity index is 907. The second kappa shape index (κ2) is 9.05. The monoisotopic (exact) mass is 428 g/mol. The summed E-state index contributed by atoms with van der Waals surface area (Å²) in [5.74, 6) is -0.521. The molecule has 1 aliphatic heterocycles. The van der Waals surface area contributed by atoms with Gasteiger partial charge in [0.2, 0.25) is 11.8 Å². The Hall–Kier alpha value is -2.94. The number of likely N-dealkylation sites (tertiary alicyclic amines) is 1. The fraction of sp³-hybridized carbons (Fsp3) is 0.545. The normalized spacial score (nSPS) is 19.9. The molecule has 2 aromatic rings. The first-order valence-electron chi connectivity index (χ1n) is 10.5. The smallest absolute Gasteiger partial charge is 0.248 e. The van der Waals surface area contributed by atoms with Crippen LogP contribution in [0.1, 0.15) is 38.9 Å². The topological polar surface area (TPSA) is 104 Å². The number of rotatable bonds is 6. The lowest BCUT2D eigenvalue weighted by Gasteiger charge is -2.34. The molecule has 0 saturated carbocycles. The number of para-hydroxylation sites is 1. The van der Waals surface area contributed by atoms with Gasteiger partial charge in [0.15, 0.2) is 0 Å². The van der Waals surface area contributed by atoms with Gasteiger partial charge in [-0.25, -0.2) is 4.68 Å². The van der Waals surface area contributed by atoms with Crippen molar-refractivity contribution in [3.05, 3.63) is 42.2 Å². The van der Waals surface area contributed by atoms with Crippen LogP contribution in [0.4, 0.5) is 5.69 Å². The largest absolute Gasteiger partial charge is 0.391 e. The van der Waals surface area contributed by atoms with Crippen molar-refractivity contribution in [2.24, 2.45) is 5.41 Å². The first kappa shape index (κ1) is 22.7. The lowest BCUT2D eigenvalue weighted by atomic mass is 9.85. The number of aromatic nitrogens is 3. The highest BCUT2D eigenvalue weighted by atomic mass is 16.3. The molecule has 3 atom stereocenters. The van der Waals surface area contributed by atoms with Gasteiger partial charge < -0.3 is 20.2 Å². The second-order valence-electron chi connectivity index (χ2n) is 9.16. The summed E-state index contributed by atoms with van der Waals surface area (Å²) < 4.78 is 1.59. The Morgan fingerprint density at radius 2 is 1.97 bits per heavy atom. The van der Waals surface area contributed by atoms with Gasteiger partial charge in [0, 0.05) is 32.7 Å². The molecule has 1 aliphatic rings. The van der Waals surface area contributed by atoms with E-state index < -0.39 is 23.6 Å². The zero-order valence-corrected chi connectivity index (χ0v) is 18.8. The molecule has 1 aromatic heterocycles. The van der Waals surface area contributed by atoms with Crippen LogP contribution in [0, 0.1) is 5.41 Å². The molecule has 9 heteroatoms. The molecule has 2 N–H and O–H groups in total. The van der Waals surface area contributed by atoms with E-state index >= 15 is 0 Å². The maximum absolute atomic E-state index is 13.6. The van der Waals surface area contributed by atoms with Crippen LogP contribution in [0.2, 0.25) is 0 Å². The summed E-state index contributed by atoms with van der Waals surface area (Å²) in [4.78, 5) is 29.4. The van der Waals surface area contributed by atoms with Crippen molar-refractivity contribution < 1.29 is 14.7 Å². The summed E-state index contributed by atoms with van der Waals surface area (Å²) in [6.07, 6.45) is 1.29. The number of aliphatic hydroxyl groups is 1. The predicted molar refractivity (Wildman–Crippen MR) is 117 cm³/mol. The van der Waals surface area contributed by atoms with E-state index in [4.69, 9.17) is 0 Å². The van der Waals surface area contributed by atoms with E-state index in [1.165, 1.54) is 11.9 Å². The minimum atomic E-state index is -0.724. The van der Waals surface area contributed by atoms with Gasteiger partial charge >= 0.3 is 0 Å². The van der Waals surface area contributed by atoms with Gasteiger partial charge in [-0.05, 0) is 17.5 Å². The molecule has 9 nitrogen and oxygen atoms in total. The summed E-state index contributed by atoms with van der Waals surface area (Å²) in [7, 11) is 3.50. The van der Waals surface area contributed by atoms with Gasteiger partial charge in [-0.15, -0.1) is 5.10 Å². The minimum Gasteiger partial charge on any atom is -0.391 e. The summed E-state index contributed by atoms with van der Waals surface area (Å²) in [6.45, 7) is 6.53. The van der Waals surface area contributed by atoms with Crippen LogP contribution < -0.4 is 10.2 Å². The fourth-order valence-corrected chi connectivity index (χ4v) is 4.04. The molecule has 1 saturated heterocycles. The van der Waals surface area contributed by atoms with Crippen molar-refractivity contribution in [3.8, 4) is 0 Å². The third-order valence-corrected chi connectivity index (χ3v) is 5.58. The lowest BCUT2D eigenvalue weighted by molar-refractivity contribution is -0.144. The van der Waals surface area contributed by atoms with Crippen molar-refractivity contribution in [1.82, 2.24) is 25.2 Å². The van der Waals surface area contributed by atoms with Crippen molar-refractivity contribution in [1.29, 1.82) is 0 Å². The third-order valence-electron chi connectivity index (χ3n) is 5.58. The minimum absolute atomic E-state index is 0.127. The van der Waals surface area contributed by atoms with Gasteiger partial charge in [0.25, 0.3) is 0 Å². The number of hydrogen-bond donors (Lipinski definition) is 2. The van der Waals surface area contributed by atoms with E-state index in [9.17, 15) is 14.7 Å². The van der Waals surface area contributed by atoms with Gasteiger partial charge in [-0.2, -0.15) is 0 Å². The summed E-state index contributed by atoms with van der Waals surface area (Å²) >= 11 is 0. The Labute approximate surface area is 183 Å². The number of carbonyl (C=O) groups excluding carboxylic acids is 2. The predicted octanol–water partition coefficient (Wildman–Crippen LogP) is 1.21. The molecule has 1 aromatic carbocycles. The van der Waals surface area contributed by atoms with Gasteiger partial charge in [-0.3, -0.25) is 9.59 Å². The molecule has 2 amide bonds. The number of benzene rings is 1. The van der Waals surface area contributed by atoms with Gasteiger partial charge in [-0.1, -0.05) is 44.2 Å². The van der Waals surface area contributed by atoms with Crippen LogP contribution in [0.3, 0.4) is 0 Å². The van der Waals surface area contributed by atoms with E-state index in [1.54, 1.807) is 10.9 Å². The van der Waals surface area contributed by atoms with E-state index in [-0.39, 0.29) is 24.8 Å². The number of nitrogens with one attached hydrogen (secondary N) is 1. The van der Waals surface area contributed by atoms with Crippen molar-refractivity contribution in [2.75, 3.05) is 25.5 Å². The van der Waals surface area contributed by atoms with E-state index in [0.717, 1.165) is 11.4 Å². The van der Waals surface area contributed by atoms with E-state index in [2.05, 4.69) is 20.5 Å². The number of carbonyl (C=O) groups is 2. The van der Waals surface area contributed by atoms with E-state index in [1.807, 2.05) is 58.2 Å². The first-order valence-corrected chi connectivity index (χ1v) is 10.5. The van der Waals surface area contributed by atoms with Crippen LogP contribution in [-0.2, 0) is 16.1 Å². The molecule has 168 valence electrons. The molecule has 2 heterocycles. The number of anilines is 1. The Balaban J connectivity index is 1.83. The van der Waals surface area contributed by atoms with Crippen molar-refractivity contribution >= 4 is 17.5 Å². The zero-order valence-electron chi connectivity index (χ0n) is 18.8. The van der Waals surface area contributed by atoms with Crippen LogP contribution in [0.25, 0.3) is 0 Å². The number of β-amino-alcohol motifs (C(OH)–C–C–N with tert-alkyl or cyclic N) is 1. The molecule has 31 heavy (non-hydrogen) atoms. The summed E-state index contributed by atoms with van der Waals surface area (Å²) in [6, 6.07) is 8.61. The summed E-state index contributed by atoms with van der Waals surface area (Å²) in [5, 5.41) is 21.2. The van der Waals surface area contributed by atoms with Crippen LogP contribution >= 0.6 is 0 Å². The number of likely N-dealkylation sites (N-methyl/N-ethyl adjacent to an activating group) is 1. The highest BCUT2D eigenvalue weighted by molar-refractivity contribution is 5.90. The highest BCUT2D eigenvalue weighted by Crippen LogP contribution is 2.34. The second-order valence-corrected chi connectivity index (χ2v) is 9.16. The van der Waals surface area contributed by atoms with Crippen LogP contribution in [-0.4, -0.2) is 69.6 Å². The molecule has 0 aliphatic carbocycles. The third kappa shape index (κ3) is 5.04.